The molecule has 0 aromatic heterocycles. The Labute approximate surface area is 244 Å². The average Bonchev–Trinajstić information content (AvgIpc) is 3.02. The SMILES string of the molecule is O=C(NCCCC[C@H](NC(=O)OCc1ccccc1)C(=O)NCNC(=O)OCc1ccccc1)OCc1ccccc1. The maximum atomic E-state index is 12.8. The molecule has 0 saturated carbocycles. The lowest BCUT2D eigenvalue weighted by Gasteiger charge is -2.19. The van der Waals surface area contributed by atoms with Crippen molar-refractivity contribution in [3.05, 3.63) is 108 Å². The van der Waals surface area contributed by atoms with E-state index in [4.69, 9.17) is 14.2 Å². The van der Waals surface area contributed by atoms with Crippen molar-refractivity contribution >= 4 is 24.2 Å². The average molecular weight is 577 g/mol. The molecule has 0 bridgehead atoms. The Kier molecular flexibility index (Phi) is 13.7. The van der Waals surface area contributed by atoms with Gasteiger partial charge in [0.15, 0.2) is 0 Å². The summed E-state index contributed by atoms with van der Waals surface area (Å²) in [5, 5.41) is 10.3. The normalized spacial score (nSPS) is 11.0. The van der Waals surface area contributed by atoms with Crippen LogP contribution in [-0.4, -0.2) is 43.4 Å². The van der Waals surface area contributed by atoms with Crippen molar-refractivity contribution in [2.24, 2.45) is 0 Å². The largest absolute Gasteiger partial charge is 0.445 e. The van der Waals surface area contributed by atoms with Gasteiger partial charge in [-0.2, -0.15) is 0 Å². The third-order valence-electron chi connectivity index (χ3n) is 5.93. The molecule has 222 valence electrons. The molecule has 0 spiro atoms. The molecule has 0 aliphatic rings. The second kappa shape index (κ2) is 18.3. The predicted octanol–water partition coefficient (Wildman–Crippen LogP) is 4.38. The molecule has 3 rings (SSSR count). The van der Waals surface area contributed by atoms with Crippen LogP contribution in [0.25, 0.3) is 0 Å². The van der Waals surface area contributed by atoms with E-state index in [-0.39, 0.29) is 32.9 Å². The van der Waals surface area contributed by atoms with Crippen LogP contribution in [0, 0.1) is 0 Å². The van der Waals surface area contributed by atoms with Gasteiger partial charge >= 0.3 is 18.3 Å². The zero-order chi connectivity index (χ0) is 29.8. The second-order valence-corrected chi connectivity index (χ2v) is 9.20. The molecule has 0 aliphatic heterocycles. The Morgan fingerprint density at radius 3 is 1.50 bits per heavy atom. The third-order valence-corrected chi connectivity index (χ3v) is 5.93. The van der Waals surface area contributed by atoms with Gasteiger partial charge in [0.1, 0.15) is 25.9 Å². The van der Waals surface area contributed by atoms with Crippen molar-refractivity contribution in [1.82, 2.24) is 21.3 Å². The van der Waals surface area contributed by atoms with Crippen LogP contribution in [0.4, 0.5) is 14.4 Å². The number of ether oxygens (including phenoxy) is 3. The lowest BCUT2D eigenvalue weighted by atomic mass is 10.1. The van der Waals surface area contributed by atoms with Crippen LogP contribution in [-0.2, 0) is 38.8 Å². The van der Waals surface area contributed by atoms with E-state index in [0.29, 0.717) is 19.4 Å². The molecule has 0 heterocycles. The van der Waals surface area contributed by atoms with Crippen molar-refractivity contribution in [3.63, 3.8) is 0 Å². The molecule has 4 N–H and O–H groups in total. The van der Waals surface area contributed by atoms with Crippen molar-refractivity contribution < 1.29 is 33.4 Å². The highest BCUT2D eigenvalue weighted by molar-refractivity contribution is 5.85. The predicted molar refractivity (Wildman–Crippen MR) is 155 cm³/mol. The summed E-state index contributed by atoms with van der Waals surface area (Å²) in [5.74, 6) is -0.509. The van der Waals surface area contributed by atoms with Crippen molar-refractivity contribution in [2.45, 2.75) is 45.1 Å². The summed E-state index contributed by atoms with van der Waals surface area (Å²) in [4.78, 5) is 49.2. The standard InChI is InChI=1S/C31H36N4O7/c36-28(33-23-34-30(38)41-21-25-14-6-2-7-15-25)27(35-31(39)42-22-26-16-8-3-9-17-26)18-10-11-19-32-29(37)40-20-24-12-4-1-5-13-24/h1-9,12-17,27H,10-11,18-23H2,(H,32,37)(H,33,36)(H,34,38)(H,35,39)/t27-/m0/s1. The third kappa shape index (κ3) is 12.9. The zero-order valence-electron chi connectivity index (χ0n) is 23.3. The smallest absolute Gasteiger partial charge is 0.408 e. The molecule has 1 atom stereocenters. The zero-order valence-corrected chi connectivity index (χ0v) is 23.3. The Hall–Kier alpha value is -5.06. The van der Waals surface area contributed by atoms with Crippen LogP contribution in [0.15, 0.2) is 91.0 Å². The van der Waals surface area contributed by atoms with E-state index >= 15 is 0 Å². The first-order valence-corrected chi connectivity index (χ1v) is 13.6. The molecule has 42 heavy (non-hydrogen) atoms. The van der Waals surface area contributed by atoms with Gasteiger partial charge in [-0.25, -0.2) is 14.4 Å². The Balaban J connectivity index is 1.40. The number of carbonyl (C=O) groups is 4. The van der Waals surface area contributed by atoms with Crippen molar-refractivity contribution in [2.75, 3.05) is 13.2 Å². The quantitative estimate of drug-likeness (QED) is 0.119. The first-order valence-electron chi connectivity index (χ1n) is 13.6. The second-order valence-electron chi connectivity index (χ2n) is 9.20. The van der Waals surface area contributed by atoms with Gasteiger partial charge in [-0.05, 0) is 36.0 Å². The highest BCUT2D eigenvalue weighted by Crippen LogP contribution is 2.05. The van der Waals surface area contributed by atoms with E-state index in [1.54, 1.807) is 0 Å². The number of benzene rings is 3. The van der Waals surface area contributed by atoms with Crippen LogP contribution in [0.3, 0.4) is 0 Å². The van der Waals surface area contributed by atoms with Crippen LogP contribution < -0.4 is 21.3 Å². The van der Waals surface area contributed by atoms with Crippen LogP contribution in [0.1, 0.15) is 36.0 Å². The summed E-state index contributed by atoms with van der Waals surface area (Å²) in [7, 11) is 0. The lowest BCUT2D eigenvalue weighted by molar-refractivity contribution is -0.123. The first kappa shape index (κ1) is 31.5. The molecular weight excluding hydrogens is 540 g/mol. The summed E-state index contributed by atoms with van der Waals surface area (Å²) in [6.07, 6.45) is -0.683. The fourth-order valence-corrected chi connectivity index (χ4v) is 3.71. The van der Waals surface area contributed by atoms with Crippen LogP contribution in [0.2, 0.25) is 0 Å². The van der Waals surface area contributed by atoms with E-state index < -0.39 is 30.2 Å². The highest BCUT2D eigenvalue weighted by Gasteiger charge is 2.21. The van der Waals surface area contributed by atoms with E-state index in [0.717, 1.165) is 16.7 Å². The minimum atomic E-state index is -0.930. The van der Waals surface area contributed by atoms with E-state index in [1.807, 2.05) is 91.0 Å². The lowest BCUT2D eigenvalue weighted by Crippen LogP contribution is -2.49. The minimum Gasteiger partial charge on any atom is -0.445 e. The number of alkyl carbamates (subject to hydrolysis) is 3. The molecule has 0 unspecified atom stereocenters. The van der Waals surface area contributed by atoms with E-state index in [1.165, 1.54) is 0 Å². The Morgan fingerprint density at radius 1 is 0.548 bits per heavy atom. The molecule has 0 saturated heterocycles. The van der Waals surface area contributed by atoms with Gasteiger partial charge in [-0.15, -0.1) is 0 Å². The topological polar surface area (TPSA) is 144 Å². The molecule has 0 radical (unpaired) electrons. The number of amides is 4. The fraction of sp³-hybridized carbons (Fsp3) is 0.290. The molecule has 3 aromatic carbocycles. The van der Waals surface area contributed by atoms with Crippen LogP contribution >= 0.6 is 0 Å². The molecule has 11 nitrogen and oxygen atoms in total. The van der Waals surface area contributed by atoms with Crippen molar-refractivity contribution in [3.8, 4) is 0 Å². The molecular formula is C31H36N4O7. The Morgan fingerprint density at radius 2 is 1.00 bits per heavy atom. The maximum Gasteiger partial charge on any atom is 0.408 e. The molecule has 11 heteroatoms. The highest BCUT2D eigenvalue weighted by atomic mass is 16.6. The molecule has 0 fully saturated rings. The number of unbranched alkanes of at least 4 members (excludes halogenated alkanes) is 1. The fourth-order valence-electron chi connectivity index (χ4n) is 3.71. The molecule has 3 aromatic rings. The number of hydrogen-bond acceptors (Lipinski definition) is 7. The molecule has 0 aliphatic carbocycles. The monoisotopic (exact) mass is 576 g/mol. The summed E-state index contributed by atoms with van der Waals surface area (Å²) in [5.41, 5.74) is 2.51. The van der Waals surface area contributed by atoms with E-state index in [2.05, 4.69) is 21.3 Å². The summed E-state index contributed by atoms with van der Waals surface area (Å²) in [6, 6.07) is 26.7. The summed E-state index contributed by atoms with van der Waals surface area (Å²) < 4.78 is 15.6. The van der Waals surface area contributed by atoms with Gasteiger partial charge in [-0.3, -0.25) is 4.79 Å². The van der Waals surface area contributed by atoms with Crippen LogP contribution in [0.5, 0.6) is 0 Å². The Bertz CT molecular complexity index is 1240. The van der Waals surface area contributed by atoms with Gasteiger partial charge in [-0.1, -0.05) is 91.0 Å². The summed E-state index contributed by atoms with van der Waals surface area (Å²) in [6.45, 7) is 0.433. The first-order chi connectivity index (χ1) is 20.5. The number of carbonyl (C=O) groups excluding carboxylic acids is 4. The van der Waals surface area contributed by atoms with Gasteiger partial charge in [0.25, 0.3) is 0 Å². The summed E-state index contributed by atoms with van der Waals surface area (Å²) >= 11 is 0. The van der Waals surface area contributed by atoms with Gasteiger partial charge < -0.3 is 35.5 Å². The van der Waals surface area contributed by atoms with E-state index in [9.17, 15) is 19.2 Å². The minimum absolute atomic E-state index is 0.0465. The van der Waals surface area contributed by atoms with Crippen molar-refractivity contribution in [1.29, 1.82) is 0 Å². The number of rotatable bonds is 15. The van der Waals surface area contributed by atoms with Gasteiger partial charge in [0.2, 0.25) is 5.91 Å². The molecule has 4 amide bonds. The number of hydrogen-bond donors (Lipinski definition) is 4. The number of nitrogens with one attached hydrogen (secondary N) is 4. The van der Waals surface area contributed by atoms with Gasteiger partial charge in [0, 0.05) is 6.54 Å². The maximum absolute atomic E-state index is 12.8. The van der Waals surface area contributed by atoms with Gasteiger partial charge in [0.05, 0.1) is 6.67 Å².